The molecule has 1 N–H and O–H groups in total. The molecule has 2 heteroatoms. The van der Waals surface area contributed by atoms with Crippen LogP contribution in [-0.4, -0.2) is 13.2 Å². The molecule has 136 valence electrons. The molecule has 0 saturated heterocycles. The van der Waals surface area contributed by atoms with E-state index in [1.165, 1.54) is 49.7 Å². The summed E-state index contributed by atoms with van der Waals surface area (Å²) >= 11 is 0. The van der Waals surface area contributed by atoms with Gasteiger partial charge in [0, 0.05) is 13.0 Å². The molecule has 0 unspecified atom stereocenters. The Balaban J connectivity index is 1.55. The number of rotatable bonds is 13. The lowest BCUT2D eigenvalue weighted by Crippen LogP contribution is -2.14. The lowest BCUT2D eigenvalue weighted by atomic mass is 10.1. The molecule has 0 radical (unpaired) electrons. The summed E-state index contributed by atoms with van der Waals surface area (Å²) in [6.45, 7) is 5.04. The number of hydrogen-bond donors (Lipinski definition) is 1. The SMILES string of the molecule is CCCCCCCCNCc1ccc(OCCc2ccccc2)cc1. The minimum atomic E-state index is 0.722. The van der Waals surface area contributed by atoms with E-state index in [1.54, 1.807) is 0 Å². The van der Waals surface area contributed by atoms with Crippen molar-refractivity contribution in [3.05, 3.63) is 65.7 Å². The van der Waals surface area contributed by atoms with Crippen molar-refractivity contribution >= 4 is 0 Å². The molecule has 2 rings (SSSR count). The Morgan fingerprint density at radius 2 is 1.48 bits per heavy atom. The molecule has 25 heavy (non-hydrogen) atoms. The van der Waals surface area contributed by atoms with Crippen LogP contribution in [-0.2, 0) is 13.0 Å². The molecule has 2 nitrogen and oxygen atoms in total. The van der Waals surface area contributed by atoms with Gasteiger partial charge in [0.05, 0.1) is 6.61 Å². The van der Waals surface area contributed by atoms with E-state index < -0.39 is 0 Å². The van der Waals surface area contributed by atoms with E-state index in [1.807, 2.05) is 6.07 Å². The summed E-state index contributed by atoms with van der Waals surface area (Å²) < 4.78 is 5.83. The van der Waals surface area contributed by atoms with E-state index in [0.29, 0.717) is 0 Å². The zero-order valence-corrected chi connectivity index (χ0v) is 15.7. The normalized spacial score (nSPS) is 10.8. The van der Waals surface area contributed by atoms with Gasteiger partial charge in [-0.1, -0.05) is 81.5 Å². The highest BCUT2D eigenvalue weighted by atomic mass is 16.5. The van der Waals surface area contributed by atoms with Crippen molar-refractivity contribution in [1.29, 1.82) is 0 Å². The smallest absolute Gasteiger partial charge is 0.119 e. The molecule has 0 bridgehead atoms. The first-order valence-electron chi connectivity index (χ1n) is 9.85. The summed E-state index contributed by atoms with van der Waals surface area (Å²) in [7, 11) is 0. The van der Waals surface area contributed by atoms with E-state index in [-0.39, 0.29) is 0 Å². The molecule has 2 aromatic rings. The monoisotopic (exact) mass is 339 g/mol. The molecule has 0 heterocycles. The van der Waals surface area contributed by atoms with Crippen LogP contribution in [0, 0.1) is 0 Å². The second-order valence-electron chi connectivity index (χ2n) is 6.67. The first-order chi connectivity index (χ1) is 12.4. The second-order valence-corrected chi connectivity index (χ2v) is 6.67. The number of unbranched alkanes of at least 4 members (excludes halogenated alkanes) is 5. The van der Waals surface area contributed by atoms with Crippen molar-refractivity contribution in [2.45, 2.75) is 58.4 Å². The van der Waals surface area contributed by atoms with Gasteiger partial charge in [0.25, 0.3) is 0 Å². The van der Waals surface area contributed by atoms with E-state index in [0.717, 1.165) is 31.9 Å². The number of benzene rings is 2. The molecule has 0 aliphatic rings. The summed E-state index contributed by atoms with van der Waals surface area (Å²) in [4.78, 5) is 0. The predicted molar refractivity (Wildman–Crippen MR) is 107 cm³/mol. The van der Waals surface area contributed by atoms with Gasteiger partial charge >= 0.3 is 0 Å². The van der Waals surface area contributed by atoms with Crippen LogP contribution in [0.15, 0.2) is 54.6 Å². The van der Waals surface area contributed by atoms with Crippen molar-refractivity contribution < 1.29 is 4.74 Å². The average Bonchev–Trinajstić information content (AvgIpc) is 2.66. The van der Waals surface area contributed by atoms with Crippen LogP contribution in [0.1, 0.15) is 56.6 Å². The number of hydrogen-bond acceptors (Lipinski definition) is 2. The van der Waals surface area contributed by atoms with Crippen molar-refractivity contribution in [3.8, 4) is 5.75 Å². The predicted octanol–water partition coefficient (Wildman–Crippen LogP) is 5.76. The maximum Gasteiger partial charge on any atom is 0.119 e. The fraction of sp³-hybridized carbons (Fsp3) is 0.478. The highest BCUT2D eigenvalue weighted by Crippen LogP contribution is 2.13. The lowest BCUT2D eigenvalue weighted by Gasteiger charge is -2.08. The minimum absolute atomic E-state index is 0.722. The Morgan fingerprint density at radius 1 is 0.760 bits per heavy atom. The van der Waals surface area contributed by atoms with Crippen LogP contribution in [0.5, 0.6) is 5.75 Å². The third kappa shape index (κ3) is 8.74. The third-order valence-corrected chi connectivity index (χ3v) is 4.46. The first kappa shape index (κ1) is 19.5. The Labute approximate surface area is 153 Å². The molecule has 0 aromatic heterocycles. The molecular formula is C23H33NO. The van der Waals surface area contributed by atoms with Gasteiger partial charge in [-0.05, 0) is 36.2 Å². The standard InChI is InChI=1S/C23H33NO/c1-2-3-4-5-6-10-18-24-20-22-13-15-23(16-14-22)25-19-17-21-11-8-7-9-12-21/h7-9,11-16,24H,2-6,10,17-20H2,1H3. The average molecular weight is 340 g/mol. The Morgan fingerprint density at radius 3 is 2.24 bits per heavy atom. The summed E-state index contributed by atoms with van der Waals surface area (Å²) in [6.07, 6.45) is 9.05. The summed E-state index contributed by atoms with van der Waals surface area (Å²) in [6, 6.07) is 18.9. The van der Waals surface area contributed by atoms with E-state index in [2.05, 4.69) is 60.8 Å². The molecule has 0 aliphatic heterocycles. The van der Waals surface area contributed by atoms with Crippen LogP contribution < -0.4 is 10.1 Å². The Kier molecular flexibility index (Phi) is 9.80. The minimum Gasteiger partial charge on any atom is -0.493 e. The van der Waals surface area contributed by atoms with Gasteiger partial charge in [-0.15, -0.1) is 0 Å². The van der Waals surface area contributed by atoms with Crippen LogP contribution in [0.4, 0.5) is 0 Å². The van der Waals surface area contributed by atoms with Gasteiger partial charge in [0.2, 0.25) is 0 Å². The fourth-order valence-electron chi connectivity index (χ4n) is 2.90. The Hall–Kier alpha value is -1.80. The van der Waals surface area contributed by atoms with Gasteiger partial charge in [-0.2, -0.15) is 0 Å². The van der Waals surface area contributed by atoms with Gasteiger partial charge in [-0.3, -0.25) is 0 Å². The summed E-state index contributed by atoms with van der Waals surface area (Å²) in [5.74, 6) is 0.954. The molecule has 0 amide bonds. The third-order valence-electron chi connectivity index (χ3n) is 4.46. The zero-order valence-electron chi connectivity index (χ0n) is 15.7. The zero-order chi connectivity index (χ0) is 17.6. The molecule has 0 aliphatic carbocycles. The van der Waals surface area contributed by atoms with Crippen LogP contribution >= 0.6 is 0 Å². The lowest BCUT2D eigenvalue weighted by molar-refractivity contribution is 0.322. The molecule has 2 aromatic carbocycles. The summed E-state index contributed by atoms with van der Waals surface area (Å²) in [5.41, 5.74) is 2.64. The summed E-state index contributed by atoms with van der Waals surface area (Å²) in [5, 5.41) is 3.54. The van der Waals surface area contributed by atoms with Crippen LogP contribution in [0.3, 0.4) is 0 Å². The quantitative estimate of drug-likeness (QED) is 0.469. The molecule has 0 fully saturated rings. The van der Waals surface area contributed by atoms with Crippen molar-refractivity contribution in [1.82, 2.24) is 5.32 Å². The van der Waals surface area contributed by atoms with Crippen LogP contribution in [0.25, 0.3) is 0 Å². The van der Waals surface area contributed by atoms with Crippen molar-refractivity contribution in [3.63, 3.8) is 0 Å². The molecule has 0 saturated carbocycles. The largest absolute Gasteiger partial charge is 0.493 e. The number of nitrogens with one attached hydrogen (secondary N) is 1. The highest BCUT2D eigenvalue weighted by molar-refractivity contribution is 5.27. The van der Waals surface area contributed by atoms with Gasteiger partial charge in [0.1, 0.15) is 5.75 Å². The maximum atomic E-state index is 5.83. The van der Waals surface area contributed by atoms with Gasteiger partial charge in [-0.25, -0.2) is 0 Å². The molecule has 0 spiro atoms. The van der Waals surface area contributed by atoms with Gasteiger partial charge in [0.15, 0.2) is 0 Å². The van der Waals surface area contributed by atoms with Gasteiger partial charge < -0.3 is 10.1 Å². The van der Waals surface area contributed by atoms with Crippen molar-refractivity contribution in [2.24, 2.45) is 0 Å². The Bertz CT molecular complexity index is 550. The second kappa shape index (κ2) is 12.5. The first-order valence-corrected chi connectivity index (χ1v) is 9.85. The topological polar surface area (TPSA) is 21.3 Å². The van der Waals surface area contributed by atoms with Crippen LogP contribution in [0.2, 0.25) is 0 Å². The highest BCUT2D eigenvalue weighted by Gasteiger charge is 1.97. The molecule has 0 atom stereocenters. The van der Waals surface area contributed by atoms with E-state index in [9.17, 15) is 0 Å². The van der Waals surface area contributed by atoms with E-state index in [4.69, 9.17) is 4.74 Å². The van der Waals surface area contributed by atoms with E-state index >= 15 is 0 Å². The maximum absolute atomic E-state index is 5.83. The number of ether oxygens (including phenoxy) is 1. The fourth-order valence-corrected chi connectivity index (χ4v) is 2.90. The van der Waals surface area contributed by atoms with Crippen molar-refractivity contribution in [2.75, 3.05) is 13.2 Å². The molecular weight excluding hydrogens is 306 g/mol.